The first-order valence-corrected chi connectivity index (χ1v) is 5.89. The molecule has 0 radical (unpaired) electrons. The van der Waals surface area contributed by atoms with Crippen LogP contribution >= 0.6 is 0 Å². The number of ether oxygens (including phenoxy) is 1. The van der Waals surface area contributed by atoms with Gasteiger partial charge in [-0.3, -0.25) is 0 Å². The summed E-state index contributed by atoms with van der Waals surface area (Å²) in [6, 6.07) is 6.00. The van der Waals surface area contributed by atoms with Crippen molar-refractivity contribution in [2.75, 3.05) is 24.3 Å². The fraction of sp³-hybridized carbons (Fsp3) is 0.231. The Hall–Kier alpha value is -2.37. The van der Waals surface area contributed by atoms with Crippen LogP contribution in [0.25, 0.3) is 0 Å². The summed E-state index contributed by atoms with van der Waals surface area (Å²) in [5, 5.41) is 6.08. The van der Waals surface area contributed by atoms with Crippen LogP contribution in [0.1, 0.15) is 6.92 Å². The third-order valence-corrected chi connectivity index (χ3v) is 2.45. The van der Waals surface area contributed by atoms with Gasteiger partial charge in [-0.15, -0.1) is 0 Å². The first-order valence-electron chi connectivity index (χ1n) is 5.89. The van der Waals surface area contributed by atoms with Gasteiger partial charge >= 0.3 is 0 Å². The van der Waals surface area contributed by atoms with E-state index in [0.717, 1.165) is 6.54 Å². The number of benzene rings is 1. The van der Waals surface area contributed by atoms with Gasteiger partial charge in [-0.05, 0) is 19.1 Å². The van der Waals surface area contributed by atoms with Crippen LogP contribution in [0.2, 0.25) is 0 Å². The Bertz CT molecular complexity index is 562. The molecule has 2 N–H and O–H groups in total. The molecular formula is C13H15FN4O. The third-order valence-electron chi connectivity index (χ3n) is 2.45. The lowest BCUT2D eigenvalue weighted by Gasteiger charge is -2.11. The summed E-state index contributed by atoms with van der Waals surface area (Å²) in [6.07, 6.45) is 1.44. The molecule has 100 valence electrons. The number of nitrogens with one attached hydrogen (secondary N) is 2. The number of rotatable bonds is 5. The molecule has 5 nitrogen and oxygen atoms in total. The van der Waals surface area contributed by atoms with Gasteiger partial charge in [0.25, 0.3) is 0 Å². The Balaban J connectivity index is 2.25. The molecule has 6 heteroatoms. The summed E-state index contributed by atoms with van der Waals surface area (Å²) >= 11 is 0. The quantitative estimate of drug-likeness (QED) is 0.867. The van der Waals surface area contributed by atoms with E-state index in [-0.39, 0.29) is 5.82 Å². The Morgan fingerprint density at radius 2 is 2.00 bits per heavy atom. The monoisotopic (exact) mass is 262 g/mol. The lowest BCUT2D eigenvalue weighted by atomic mass is 10.3. The van der Waals surface area contributed by atoms with Crippen molar-refractivity contribution in [1.29, 1.82) is 0 Å². The molecule has 19 heavy (non-hydrogen) atoms. The van der Waals surface area contributed by atoms with Crippen LogP contribution in [0.15, 0.2) is 30.6 Å². The topological polar surface area (TPSA) is 59.1 Å². The predicted molar refractivity (Wildman–Crippen MR) is 72.4 cm³/mol. The van der Waals surface area contributed by atoms with Crippen LogP contribution in [0.5, 0.6) is 5.75 Å². The highest BCUT2D eigenvalue weighted by atomic mass is 19.1. The standard InChI is InChI=1S/C13H15FN4O/c1-3-15-12-7-13(17-8-16-12)18-10-6-9(14)4-5-11(10)19-2/h4-8H,3H2,1-2H3,(H2,15,16,17,18). The van der Waals surface area contributed by atoms with Crippen molar-refractivity contribution in [2.45, 2.75) is 6.92 Å². The molecule has 0 aliphatic carbocycles. The predicted octanol–water partition coefficient (Wildman–Crippen LogP) is 2.80. The van der Waals surface area contributed by atoms with E-state index in [0.29, 0.717) is 23.1 Å². The minimum absolute atomic E-state index is 0.343. The zero-order valence-electron chi connectivity index (χ0n) is 10.8. The summed E-state index contributed by atoms with van der Waals surface area (Å²) in [6.45, 7) is 2.74. The first-order chi connectivity index (χ1) is 9.22. The van der Waals surface area contributed by atoms with E-state index in [9.17, 15) is 4.39 Å². The summed E-state index contributed by atoms with van der Waals surface area (Å²) < 4.78 is 18.4. The molecule has 0 unspecified atom stereocenters. The van der Waals surface area contributed by atoms with Gasteiger partial charge in [-0.1, -0.05) is 0 Å². The minimum atomic E-state index is -0.343. The van der Waals surface area contributed by atoms with Gasteiger partial charge < -0.3 is 15.4 Å². The van der Waals surface area contributed by atoms with Crippen molar-refractivity contribution >= 4 is 17.3 Å². The van der Waals surface area contributed by atoms with Crippen molar-refractivity contribution < 1.29 is 9.13 Å². The van der Waals surface area contributed by atoms with Crippen LogP contribution in [0.4, 0.5) is 21.7 Å². The molecule has 0 bridgehead atoms. The molecule has 1 aromatic heterocycles. The largest absolute Gasteiger partial charge is 0.495 e. The summed E-state index contributed by atoms with van der Waals surface area (Å²) in [5.74, 6) is 1.47. The van der Waals surface area contributed by atoms with Gasteiger partial charge in [0.15, 0.2) is 0 Å². The van der Waals surface area contributed by atoms with Crippen LogP contribution < -0.4 is 15.4 Å². The maximum absolute atomic E-state index is 13.2. The SMILES string of the molecule is CCNc1cc(Nc2cc(F)ccc2OC)ncn1. The zero-order chi connectivity index (χ0) is 13.7. The minimum Gasteiger partial charge on any atom is -0.495 e. The van der Waals surface area contributed by atoms with Gasteiger partial charge in [-0.2, -0.15) is 0 Å². The smallest absolute Gasteiger partial charge is 0.142 e. The molecule has 0 atom stereocenters. The lowest BCUT2D eigenvalue weighted by Crippen LogP contribution is -2.02. The van der Waals surface area contributed by atoms with Crippen LogP contribution in [0.3, 0.4) is 0 Å². The van der Waals surface area contributed by atoms with E-state index in [1.165, 1.54) is 25.6 Å². The number of methoxy groups -OCH3 is 1. The molecule has 0 amide bonds. The highest BCUT2D eigenvalue weighted by Gasteiger charge is 2.06. The Labute approximate surface area is 110 Å². The van der Waals surface area contributed by atoms with Gasteiger partial charge in [0.05, 0.1) is 12.8 Å². The average Bonchev–Trinajstić information content (AvgIpc) is 2.40. The van der Waals surface area contributed by atoms with E-state index >= 15 is 0 Å². The van der Waals surface area contributed by atoms with E-state index in [1.807, 2.05) is 6.92 Å². The number of halogens is 1. The van der Waals surface area contributed by atoms with E-state index < -0.39 is 0 Å². The fourth-order valence-corrected chi connectivity index (χ4v) is 1.62. The number of hydrogen-bond acceptors (Lipinski definition) is 5. The Morgan fingerprint density at radius 3 is 2.74 bits per heavy atom. The molecular weight excluding hydrogens is 247 g/mol. The number of hydrogen-bond donors (Lipinski definition) is 2. The van der Waals surface area contributed by atoms with Crippen LogP contribution in [-0.2, 0) is 0 Å². The average molecular weight is 262 g/mol. The van der Waals surface area contributed by atoms with Gasteiger partial charge in [-0.25, -0.2) is 14.4 Å². The highest BCUT2D eigenvalue weighted by molar-refractivity contribution is 5.65. The summed E-state index contributed by atoms with van der Waals surface area (Å²) in [5.41, 5.74) is 0.517. The molecule has 0 saturated heterocycles. The molecule has 2 rings (SSSR count). The van der Waals surface area contributed by atoms with Gasteiger partial charge in [0.1, 0.15) is 29.5 Å². The second kappa shape index (κ2) is 5.99. The van der Waals surface area contributed by atoms with Crippen molar-refractivity contribution in [3.63, 3.8) is 0 Å². The summed E-state index contributed by atoms with van der Waals surface area (Å²) in [7, 11) is 1.53. The molecule has 1 heterocycles. The Morgan fingerprint density at radius 1 is 1.21 bits per heavy atom. The molecule has 0 aliphatic heterocycles. The second-order valence-electron chi connectivity index (χ2n) is 3.79. The zero-order valence-corrected chi connectivity index (χ0v) is 10.8. The van der Waals surface area contributed by atoms with Crippen molar-refractivity contribution in [2.24, 2.45) is 0 Å². The van der Waals surface area contributed by atoms with Gasteiger partial charge in [0.2, 0.25) is 0 Å². The maximum Gasteiger partial charge on any atom is 0.142 e. The number of anilines is 3. The van der Waals surface area contributed by atoms with E-state index in [4.69, 9.17) is 4.74 Å². The van der Waals surface area contributed by atoms with E-state index in [1.54, 1.807) is 12.1 Å². The number of aromatic nitrogens is 2. The molecule has 2 aromatic rings. The number of nitrogens with zero attached hydrogens (tertiary/aromatic N) is 2. The highest BCUT2D eigenvalue weighted by Crippen LogP contribution is 2.27. The van der Waals surface area contributed by atoms with Gasteiger partial charge in [0, 0.05) is 18.7 Å². The van der Waals surface area contributed by atoms with Crippen molar-refractivity contribution in [3.8, 4) is 5.75 Å². The van der Waals surface area contributed by atoms with E-state index in [2.05, 4.69) is 20.6 Å². The third kappa shape index (κ3) is 3.31. The van der Waals surface area contributed by atoms with Crippen LogP contribution in [0, 0.1) is 5.82 Å². The van der Waals surface area contributed by atoms with Crippen molar-refractivity contribution in [1.82, 2.24) is 9.97 Å². The molecule has 0 saturated carbocycles. The molecule has 0 aliphatic rings. The summed E-state index contributed by atoms with van der Waals surface area (Å²) in [4.78, 5) is 8.15. The van der Waals surface area contributed by atoms with Crippen molar-refractivity contribution in [3.05, 3.63) is 36.4 Å². The normalized spacial score (nSPS) is 10.1. The molecule has 0 spiro atoms. The first kappa shape index (κ1) is 13.1. The maximum atomic E-state index is 13.2. The molecule has 0 fully saturated rings. The fourth-order valence-electron chi connectivity index (χ4n) is 1.62. The Kier molecular flexibility index (Phi) is 4.12. The molecule has 1 aromatic carbocycles. The second-order valence-corrected chi connectivity index (χ2v) is 3.79. The lowest BCUT2D eigenvalue weighted by molar-refractivity contribution is 0.416. The van der Waals surface area contributed by atoms with Crippen LogP contribution in [-0.4, -0.2) is 23.6 Å².